The van der Waals surface area contributed by atoms with E-state index in [0.717, 1.165) is 5.56 Å². The van der Waals surface area contributed by atoms with Crippen molar-refractivity contribution in [1.82, 2.24) is 9.97 Å². The summed E-state index contributed by atoms with van der Waals surface area (Å²) >= 11 is 0. The quantitative estimate of drug-likeness (QED) is 0.806. The molecule has 0 radical (unpaired) electrons. The molecule has 0 fully saturated rings. The smallest absolute Gasteiger partial charge is 0.265 e. The van der Waals surface area contributed by atoms with Crippen molar-refractivity contribution in [3.63, 3.8) is 0 Å². The first-order valence-electron chi connectivity index (χ1n) is 5.53. The Hall–Kier alpha value is -1.66. The van der Waals surface area contributed by atoms with Crippen LogP contribution in [0.25, 0.3) is 0 Å². The predicted octanol–water partition coefficient (Wildman–Crippen LogP) is 1.62. The second-order valence-electron chi connectivity index (χ2n) is 4.10. The summed E-state index contributed by atoms with van der Waals surface area (Å²) in [5.41, 5.74) is 0.867. The Morgan fingerprint density at radius 3 is 2.56 bits per heavy atom. The molecule has 0 amide bonds. The largest absolute Gasteiger partial charge is 0.349 e. The summed E-state index contributed by atoms with van der Waals surface area (Å²) in [6.07, 6.45) is 3.74. The third-order valence-electron chi connectivity index (χ3n) is 2.68. The van der Waals surface area contributed by atoms with Crippen LogP contribution in [0.2, 0.25) is 0 Å². The zero-order valence-corrected chi connectivity index (χ0v) is 10.5. The van der Waals surface area contributed by atoms with Crippen LogP contribution in [0, 0.1) is 0 Å². The van der Waals surface area contributed by atoms with E-state index in [-0.39, 0.29) is 11.7 Å². The molecule has 2 rings (SSSR count). The Bertz CT molecular complexity index is 579. The minimum atomic E-state index is -4.02. The lowest BCUT2D eigenvalue weighted by molar-refractivity contribution is 0.476. The highest BCUT2D eigenvalue weighted by Crippen LogP contribution is 2.21. The van der Waals surface area contributed by atoms with Gasteiger partial charge in [-0.3, -0.25) is 4.55 Å². The Morgan fingerprint density at radius 2 is 2.00 bits per heavy atom. The van der Waals surface area contributed by atoms with E-state index in [4.69, 9.17) is 4.55 Å². The molecule has 1 heterocycles. The van der Waals surface area contributed by atoms with Gasteiger partial charge in [-0.2, -0.15) is 8.42 Å². The summed E-state index contributed by atoms with van der Waals surface area (Å²) in [6, 6.07) is 9.24. The van der Waals surface area contributed by atoms with Gasteiger partial charge in [0.15, 0.2) is 0 Å². The number of imidazole rings is 1. The lowest BCUT2D eigenvalue weighted by Crippen LogP contribution is -2.16. The first-order chi connectivity index (χ1) is 8.54. The second-order valence-corrected chi connectivity index (χ2v) is 5.59. The minimum absolute atomic E-state index is 0.308. The normalized spacial score (nSPS) is 13.4. The van der Waals surface area contributed by atoms with Gasteiger partial charge >= 0.3 is 0 Å². The van der Waals surface area contributed by atoms with Gasteiger partial charge in [-0.05, 0) is 5.56 Å². The maximum absolute atomic E-state index is 11.1. The van der Waals surface area contributed by atoms with Gasteiger partial charge in [0.2, 0.25) is 0 Å². The van der Waals surface area contributed by atoms with Crippen molar-refractivity contribution in [3.05, 3.63) is 54.1 Å². The number of hydrogen-bond acceptors (Lipinski definition) is 3. The molecule has 5 nitrogen and oxygen atoms in total. The molecule has 6 heteroatoms. The van der Waals surface area contributed by atoms with E-state index < -0.39 is 10.1 Å². The number of aromatic amines is 1. The number of H-pyrrole nitrogens is 1. The highest BCUT2D eigenvalue weighted by atomic mass is 32.2. The summed E-state index contributed by atoms with van der Waals surface area (Å²) in [6.45, 7) is 0. The fourth-order valence-electron chi connectivity index (χ4n) is 1.90. The van der Waals surface area contributed by atoms with Crippen LogP contribution < -0.4 is 0 Å². The van der Waals surface area contributed by atoms with Crippen molar-refractivity contribution in [1.29, 1.82) is 0 Å². The molecular formula is C12H14N2O3S. The number of rotatable bonds is 5. The Kier molecular flexibility index (Phi) is 3.78. The monoisotopic (exact) mass is 266 g/mol. The molecule has 0 aliphatic heterocycles. The van der Waals surface area contributed by atoms with Gasteiger partial charge in [0.05, 0.1) is 5.75 Å². The molecule has 1 aromatic carbocycles. The maximum Gasteiger partial charge on any atom is 0.265 e. The maximum atomic E-state index is 11.1. The molecule has 0 saturated heterocycles. The Morgan fingerprint density at radius 1 is 1.28 bits per heavy atom. The van der Waals surface area contributed by atoms with Gasteiger partial charge < -0.3 is 4.98 Å². The molecule has 0 bridgehead atoms. The van der Waals surface area contributed by atoms with Crippen LogP contribution in [0.5, 0.6) is 0 Å². The zero-order chi connectivity index (χ0) is 13.0. The molecule has 2 N–H and O–H groups in total. The van der Waals surface area contributed by atoms with Crippen LogP contribution >= 0.6 is 0 Å². The number of hydrogen-bond donors (Lipinski definition) is 2. The summed E-state index contributed by atoms with van der Waals surface area (Å²) < 4.78 is 31.2. The van der Waals surface area contributed by atoms with Gasteiger partial charge in [0.1, 0.15) is 5.82 Å². The van der Waals surface area contributed by atoms with Crippen molar-refractivity contribution in [2.24, 2.45) is 0 Å². The zero-order valence-electron chi connectivity index (χ0n) is 9.65. The molecule has 18 heavy (non-hydrogen) atoms. The predicted molar refractivity (Wildman–Crippen MR) is 67.9 cm³/mol. The number of nitrogens with zero attached hydrogens (tertiary/aromatic N) is 1. The first kappa shape index (κ1) is 12.8. The Labute approximate surface area is 106 Å². The van der Waals surface area contributed by atoms with E-state index in [1.54, 1.807) is 12.4 Å². The van der Waals surface area contributed by atoms with E-state index in [1.807, 2.05) is 30.3 Å². The average Bonchev–Trinajstić information content (AvgIpc) is 2.80. The van der Waals surface area contributed by atoms with Crippen LogP contribution in [-0.4, -0.2) is 28.7 Å². The molecule has 1 unspecified atom stereocenters. The number of benzene rings is 1. The van der Waals surface area contributed by atoms with E-state index >= 15 is 0 Å². The van der Waals surface area contributed by atoms with Gasteiger partial charge in [-0.15, -0.1) is 0 Å². The molecule has 96 valence electrons. The molecule has 2 aromatic rings. The lowest BCUT2D eigenvalue weighted by Gasteiger charge is -2.14. The minimum Gasteiger partial charge on any atom is -0.349 e. The fourth-order valence-corrected chi connectivity index (χ4v) is 2.71. The molecule has 0 aliphatic rings. The van der Waals surface area contributed by atoms with E-state index in [1.165, 1.54) is 0 Å². The highest BCUT2D eigenvalue weighted by Gasteiger charge is 2.20. The summed E-state index contributed by atoms with van der Waals surface area (Å²) in [4.78, 5) is 7.02. The lowest BCUT2D eigenvalue weighted by atomic mass is 9.97. The highest BCUT2D eigenvalue weighted by molar-refractivity contribution is 7.85. The van der Waals surface area contributed by atoms with Crippen LogP contribution in [-0.2, 0) is 16.5 Å². The van der Waals surface area contributed by atoms with Gasteiger partial charge in [0, 0.05) is 24.7 Å². The van der Waals surface area contributed by atoms with Crippen LogP contribution in [0.3, 0.4) is 0 Å². The molecule has 0 spiro atoms. The standard InChI is InChI=1S/C12H14N2O3S/c15-18(16,17)9-11(8-12-13-6-7-14-12)10-4-2-1-3-5-10/h1-7,11H,8-9H2,(H,13,14)(H,15,16,17). The van der Waals surface area contributed by atoms with E-state index in [2.05, 4.69) is 9.97 Å². The van der Waals surface area contributed by atoms with Crippen molar-refractivity contribution in [2.75, 3.05) is 5.75 Å². The summed E-state index contributed by atoms with van der Waals surface area (Å²) in [5, 5.41) is 0. The topological polar surface area (TPSA) is 83.1 Å². The average molecular weight is 266 g/mol. The van der Waals surface area contributed by atoms with Crippen molar-refractivity contribution in [3.8, 4) is 0 Å². The van der Waals surface area contributed by atoms with E-state index in [9.17, 15) is 8.42 Å². The molecule has 1 atom stereocenters. The van der Waals surface area contributed by atoms with Gasteiger partial charge in [-0.25, -0.2) is 4.98 Å². The second kappa shape index (κ2) is 5.32. The molecular weight excluding hydrogens is 252 g/mol. The molecule has 1 aromatic heterocycles. The van der Waals surface area contributed by atoms with Gasteiger partial charge in [-0.1, -0.05) is 30.3 Å². The molecule has 0 aliphatic carbocycles. The third kappa shape index (κ3) is 3.68. The van der Waals surface area contributed by atoms with Crippen LogP contribution in [0.15, 0.2) is 42.7 Å². The Balaban J connectivity index is 2.23. The SMILES string of the molecule is O=S(=O)(O)CC(Cc1ncc[nH]1)c1ccccc1. The third-order valence-corrected chi connectivity index (χ3v) is 3.50. The number of aromatic nitrogens is 2. The van der Waals surface area contributed by atoms with Crippen molar-refractivity contribution >= 4 is 10.1 Å². The fraction of sp³-hybridized carbons (Fsp3) is 0.250. The first-order valence-corrected chi connectivity index (χ1v) is 7.14. The summed E-state index contributed by atoms with van der Waals surface area (Å²) in [7, 11) is -4.02. The van der Waals surface area contributed by atoms with Crippen molar-refractivity contribution < 1.29 is 13.0 Å². The summed E-state index contributed by atoms with van der Waals surface area (Å²) in [5.74, 6) is 0.0809. The van der Waals surface area contributed by atoms with Crippen molar-refractivity contribution in [2.45, 2.75) is 12.3 Å². The number of nitrogens with one attached hydrogen (secondary N) is 1. The molecule has 0 saturated carbocycles. The van der Waals surface area contributed by atoms with Gasteiger partial charge in [0.25, 0.3) is 10.1 Å². The van der Waals surface area contributed by atoms with E-state index in [0.29, 0.717) is 12.2 Å². The van der Waals surface area contributed by atoms with Crippen LogP contribution in [0.1, 0.15) is 17.3 Å². The van der Waals surface area contributed by atoms with Crippen LogP contribution in [0.4, 0.5) is 0 Å².